The van der Waals surface area contributed by atoms with Gasteiger partial charge < -0.3 is 10.1 Å². The Morgan fingerprint density at radius 1 is 1.40 bits per heavy atom. The van der Waals surface area contributed by atoms with E-state index in [0.29, 0.717) is 11.5 Å². The first-order valence-electron chi connectivity index (χ1n) is 5.77. The molecule has 2 nitrogen and oxygen atoms in total. The lowest BCUT2D eigenvalue weighted by Gasteiger charge is -2.48. The number of hydrogen-bond donors (Lipinski definition) is 1. The topological polar surface area (TPSA) is 21.3 Å². The van der Waals surface area contributed by atoms with Crippen LogP contribution in [0.1, 0.15) is 24.1 Å². The number of thiophene rings is 1. The molecule has 1 unspecified atom stereocenters. The fraction of sp³-hybridized carbons (Fsp3) is 0.667. The van der Waals surface area contributed by atoms with Gasteiger partial charge in [0.05, 0.1) is 18.6 Å². The van der Waals surface area contributed by atoms with Gasteiger partial charge in [0.1, 0.15) is 0 Å². The summed E-state index contributed by atoms with van der Waals surface area (Å²) in [5.74, 6) is 0. The average molecular weight is 223 g/mol. The van der Waals surface area contributed by atoms with Gasteiger partial charge in [-0.05, 0) is 30.8 Å². The predicted octanol–water partition coefficient (Wildman–Crippen LogP) is 2.16. The fourth-order valence-corrected chi connectivity index (χ4v) is 3.68. The molecule has 2 saturated heterocycles. The summed E-state index contributed by atoms with van der Waals surface area (Å²) in [5.41, 5.74) is 0.300. The number of nitrogens with one attached hydrogen (secondary N) is 1. The highest BCUT2D eigenvalue weighted by molar-refractivity contribution is 7.10. The van der Waals surface area contributed by atoms with E-state index in [1.165, 1.54) is 30.7 Å². The first-order valence-corrected chi connectivity index (χ1v) is 6.65. The standard InChI is InChI=1S/C12H17NOS/c1-2-6-13-10(4-1)12(8-14-9-12)11-5-3-7-15-11/h3,5,7,10,13H,1-2,4,6,8-9H2. The van der Waals surface area contributed by atoms with Crippen molar-refractivity contribution >= 4 is 11.3 Å². The molecule has 2 aliphatic heterocycles. The minimum absolute atomic E-state index is 0.300. The molecule has 0 spiro atoms. The minimum Gasteiger partial charge on any atom is -0.379 e. The number of hydrogen-bond acceptors (Lipinski definition) is 3. The molecule has 0 saturated carbocycles. The molecule has 0 aliphatic carbocycles. The lowest BCUT2D eigenvalue weighted by molar-refractivity contribution is -0.0808. The van der Waals surface area contributed by atoms with Crippen LogP contribution >= 0.6 is 11.3 Å². The normalized spacial score (nSPS) is 29.7. The van der Waals surface area contributed by atoms with E-state index in [1.54, 1.807) is 0 Å². The van der Waals surface area contributed by atoms with Crippen molar-refractivity contribution in [3.05, 3.63) is 22.4 Å². The Bertz CT molecular complexity index is 312. The molecule has 0 radical (unpaired) electrons. The molecule has 1 atom stereocenters. The molecule has 1 aromatic rings. The third kappa shape index (κ3) is 1.53. The van der Waals surface area contributed by atoms with Gasteiger partial charge in [-0.1, -0.05) is 12.5 Å². The molecule has 2 fully saturated rings. The molecule has 0 bridgehead atoms. The summed E-state index contributed by atoms with van der Waals surface area (Å²) in [4.78, 5) is 1.51. The highest BCUT2D eigenvalue weighted by Gasteiger charge is 2.47. The van der Waals surface area contributed by atoms with Crippen LogP contribution in [-0.2, 0) is 10.2 Å². The van der Waals surface area contributed by atoms with Crippen LogP contribution in [0.5, 0.6) is 0 Å². The van der Waals surface area contributed by atoms with Crippen LogP contribution in [0.4, 0.5) is 0 Å². The van der Waals surface area contributed by atoms with Gasteiger partial charge in [-0.2, -0.15) is 0 Å². The summed E-state index contributed by atoms with van der Waals surface area (Å²) in [6.45, 7) is 2.99. The van der Waals surface area contributed by atoms with Gasteiger partial charge in [-0.25, -0.2) is 0 Å². The van der Waals surface area contributed by atoms with Crippen LogP contribution in [0.25, 0.3) is 0 Å². The van der Waals surface area contributed by atoms with Crippen molar-refractivity contribution in [2.75, 3.05) is 19.8 Å². The number of ether oxygens (including phenoxy) is 1. The molecule has 2 aliphatic rings. The van der Waals surface area contributed by atoms with Gasteiger partial charge >= 0.3 is 0 Å². The molecule has 82 valence electrons. The van der Waals surface area contributed by atoms with Crippen molar-refractivity contribution in [1.82, 2.24) is 5.32 Å². The largest absolute Gasteiger partial charge is 0.379 e. The highest BCUT2D eigenvalue weighted by Crippen LogP contribution is 2.40. The molecule has 3 heteroatoms. The monoisotopic (exact) mass is 223 g/mol. The summed E-state index contributed by atoms with van der Waals surface area (Å²) in [7, 11) is 0. The quantitative estimate of drug-likeness (QED) is 0.829. The van der Waals surface area contributed by atoms with E-state index in [2.05, 4.69) is 22.8 Å². The van der Waals surface area contributed by atoms with Gasteiger partial charge in [-0.3, -0.25) is 0 Å². The van der Waals surface area contributed by atoms with Crippen LogP contribution in [0, 0.1) is 0 Å². The van der Waals surface area contributed by atoms with Gasteiger partial charge in [0.2, 0.25) is 0 Å². The number of rotatable bonds is 2. The van der Waals surface area contributed by atoms with Crippen molar-refractivity contribution in [3.8, 4) is 0 Å². The molecule has 3 rings (SSSR count). The molecule has 1 N–H and O–H groups in total. The molecular weight excluding hydrogens is 206 g/mol. The smallest absolute Gasteiger partial charge is 0.0666 e. The maximum Gasteiger partial charge on any atom is 0.0666 e. The molecule has 1 aromatic heterocycles. The van der Waals surface area contributed by atoms with E-state index in [1.807, 2.05) is 11.3 Å². The Hall–Kier alpha value is -0.380. The van der Waals surface area contributed by atoms with Crippen molar-refractivity contribution < 1.29 is 4.74 Å². The van der Waals surface area contributed by atoms with Gasteiger partial charge in [0, 0.05) is 10.9 Å². The highest BCUT2D eigenvalue weighted by atomic mass is 32.1. The van der Waals surface area contributed by atoms with Crippen molar-refractivity contribution in [3.63, 3.8) is 0 Å². The Morgan fingerprint density at radius 2 is 2.33 bits per heavy atom. The lowest BCUT2D eigenvalue weighted by atomic mass is 9.74. The molecule has 15 heavy (non-hydrogen) atoms. The average Bonchev–Trinajstić information content (AvgIpc) is 2.72. The summed E-state index contributed by atoms with van der Waals surface area (Å²) >= 11 is 1.88. The predicted molar refractivity (Wildman–Crippen MR) is 62.5 cm³/mol. The zero-order chi connectivity index (χ0) is 10.1. The summed E-state index contributed by atoms with van der Waals surface area (Å²) in [6.07, 6.45) is 4.00. The third-order valence-corrected chi connectivity index (χ3v) is 4.80. The first kappa shape index (κ1) is 9.82. The second-order valence-electron chi connectivity index (χ2n) is 4.63. The third-order valence-electron chi connectivity index (χ3n) is 3.71. The summed E-state index contributed by atoms with van der Waals surface area (Å²) in [5, 5.41) is 5.86. The van der Waals surface area contributed by atoms with E-state index in [9.17, 15) is 0 Å². The molecule has 3 heterocycles. The Morgan fingerprint density at radius 3 is 2.87 bits per heavy atom. The molecule has 0 aromatic carbocycles. The van der Waals surface area contributed by atoms with Crippen LogP contribution in [0.15, 0.2) is 17.5 Å². The zero-order valence-electron chi connectivity index (χ0n) is 8.87. The summed E-state index contributed by atoms with van der Waals surface area (Å²) < 4.78 is 5.48. The lowest BCUT2D eigenvalue weighted by Crippen LogP contribution is -2.61. The minimum atomic E-state index is 0.300. The number of piperidine rings is 1. The fourth-order valence-electron chi connectivity index (χ4n) is 2.72. The van der Waals surface area contributed by atoms with E-state index in [4.69, 9.17) is 4.74 Å². The Labute approximate surface area is 94.6 Å². The molecular formula is C12H17NOS. The Balaban J connectivity index is 1.85. The van der Waals surface area contributed by atoms with Gasteiger partial charge in [0.25, 0.3) is 0 Å². The second-order valence-corrected chi connectivity index (χ2v) is 5.58. The van der Waals surface area contributed by atoms with E-state index in [0.717, 1.165) is 13.2 Å². The van der Waals surface area contributed by atoms with E-state index >= 15 is 0 Å². The van der Waals surface area contributed by atoms with Gasteiger partial charge in [0.15, 0.2) is 0 Å². The van der Waals surface area contributed by atoms with Crippen LogP contribution in [0.3, 0.4) is 0 Å². The summed E-state index contributed by atoms with van der Waals surface area (Å²) in [6, 6.07) is 5.06. The van der Waals surface area contributed by atoms with Crippen molar-refractivity contribution in [2.24, 2.45) is 0 Å². The Kier molecular flexibility index (Phi) is 2.54. The van der Waals surface area contributed by atoms with Crippen molar-refractivity contribution in [1.29, 1.82) is 0 Å². The van der Waals surface area contributed by atoms with Crippen LogP contribution < -0.4 is 5.32 Å². The van der Waals surface area contributed by atoms with Crippen LogP contribution in [-0.4, -0.2) is 25.8 Å². The first-order chi connectivity index (χ1) is 7.42. The van der Waals surface area contributed by atoms with Gasteiger partial charge in [-0.15, -0.1) is 11.3 Å². The van der Waals surface area contributed by atoms with Crippen LogP contribution in [0.2, 0.25) is 0 Å². The maximum absolute atomic E-state index is 5.48. The van der Waals surface area contributed by atoms with Crippen molar-refractivity contribution in [2.45, 2.75) is 30.7 Å². The second kappa shape index (κ2) is 3.89. The zero-order valence-corrected chi connectivity index (χ0v) is 9.69. The maximum atomic E-state index is 5.48. The SMILES string of the molecule is c1csc(C2(C3CCCCN3)COC2)c1. The molecule has 0 amide bonds. The van der Waals surface area contributed by atoms with E-state index in [-0.39, 0.29) is 0 Å². The van der Waals surface area contributed by atoms with E-state index < -0.39 is 0 Å².